The number of hydrogen-bond acceptors (Lipinski definition) is 7. The summed E-state index contributed by atoms with van der Waals surface area (Å²) in [4.78, 5) is 4.47. The number of likely N-dealkylation sites (N-methyl/N-ethyl adjacent to an activating group) is 1. The topological polar surface area (TPSA) is 106 Å². The standard InChI is InChI=1S/C12H23N5O3S/c1-10-14-15-12(20-10)9-16(2)11-4-6-17(8-11)5-3-7-21(13,18)19/h11H,3-9H2,1-2H3,(H2,13,18,19). The molecule has 1 saturated heterocycles. The van der Waals surface area contributed by atoms with Gasteiger partial charge >= 0.3 is 0 Å². The molecule has 0 radical (unpaired) electrons. The maximum absolute atomic E-state index is 10.9. The van der Waals surface area contributed by atoms with Crippen LogP contribution in [0.15, 0.2) is 4.42 Å². The van der Waals surface area contributed by atoms with E-state index < -0.39 is 10.0 Å². The van der Waals surface area contributed by atoms with E-state index in [1.165, 1.54) is 0 Å². The minimum absolute atomic E-state index is 0.0469. The van der Waals surface area contributed by atoms with Crippen LogP contribution in [-0.4, -0.2) is 66.9 Å². The fraction of sp³-hybridized carbons (Fsp3) is 0.833. The third-order valence-corrected chi connectivity index (χ3v) is 4.58. The summed E-state index contributed by atoms with van der Waals surface area (Å²) in [5.41, 5.74) is 0. The Kier molecular flexibility index (Phi) is 5.31. The zero-order valence-corrected chi connectivity index (χ0v) is 13.3. The summed E-state index contributed by atoms with van der Waals surface area (Å²) < 4.78 is 27.2. The van der Waals surface area contributed by atoms with E-state index in [0.717, 1.165) is 26.1 Å². The first-order valence-corrected chi connectivity index (χ1v) is 8.77. The lowest BCUT2D eigenvalue weighted by molar-refractivity contribution is 0.206. The van der Waals surface area contributed by atoms with Crippen molar-refractivity contribution < 1.29 is 12.8 Å². The Labute approximate surface area is 125 Å². The molecule has 1 aliphatic rings. The molecule has 8 nitrogen and oxygen atoms in total. The number of sulfonamides is 1. The molecule has 1 unspecified atom stereocenters. The van der Waals surface area contributed by atoms with Crippen molar-refractivity contribution in [2.24, 2.45) is 5.14 Å². The molecule has 1 aromatic rings. The molecule has 1 atom stereocenters. The molecule has 0 spiro atoms. The molecule has 120 valence electrons. The summed E-state index contributed by atoms with van der Waals surface area (Å²) in [6, 6.07) is 0.423. The highest BCUT2D eigenvalue weighted by molar-refractivity contribution is 7.89. The maximum Gasteiger partial charge on any atom is 0.230 e. The van der Waals surface area contributed by atoms with Crippen molar-refractivity contribution in [1.29, 1.82) is 0 Å². The van der Waals surface area contributed by atoms with Crippen LogP contribution in [0.5, 0.6) is 0 Å². The Balaban J connectivity index is 1.74. The molecule has 0 saturated carbocycles. The van der Waals surface area contributed by atoms with Crippen molar-refractivity contribution in [3.05, 3.63) is 11.8 Å². The molecule has 1 aliphatic heterocycles. The lowest BCUT2D eigenvalue weighted by Gasteiger charge is -2.23. The number of hydrogen-bond donors (Lipinski definition) is 1. The van der Waals surface area contributed by atoms with Crippen LogP contribution >= 0.6 is 0 Å². The predicted molar refractivity (Wildman–Crippen MR) is 77.9 cm³/mol. The van der Waals surface area contributed by atoms with E-state index in [2.05, 4.69) is 20.0 Å². The number of nitrogens with zero attached hydrogens (tertiary/aromatic N) is 4. The van der Waals surface area contributed by atoms with Crippen LogP contribution in [0.2, 0.25) is 0 Å². The largest absolute Gasteiger partial charge is 0.424 e. The van der Waals surface area contributed by atoms with Crippen molar-refractivity contribution >= 4 is 10.0 Å². The zero-order chi connectivity index (χ0) is 15.5. The van der Waals surface area contributed by atoms with Gasteiger partial charge in [0.1, 0.15) is 0 Å². The number of likely N-dealkylation sites (tertiary alicyclic amines) is 1. The highest BCUT2D eigenvalue weighted by atomic mass is 32.2. The first-order chi connectivity index (χ1) is 9.83. The molecule has 0 amide bonds. The fourth-order valence-electron chi connectivity index (χ4n) is 2.61. The maximum atomic E-state index is 10.9. The summed E-state index contributed by atoms with van der Waals surface area (Å²) in [6.45, 7) is 5.08. The van der Waals surface area contributed by atoms with E-state index in [-0.39, 0.29) is 5.75 Å². The van der Waals surface area contributed by atoms with Gasteiger partial charge in [-0.3, -0.25) is 4.90 Å². The van der Waals surface area contributed by atoms with Gasteiger partial charge in [0, 0.05) is 19.5 Å². The second-order valence-electron chi connectivity index (χ2n) is 5.59. The van der Waals surface area contributed by atoms with Gasteiger partial charge < -0.3 is 9.32 Å². The summed E-state index contributed by atoms with van der Waals surface area (Å²) in [6.07, 6.45) is 1.64. The summed E-state index contributed by atoms with van der Waals surface area (Å²) in [7, 11) is -1.31. The molecule has 9 heteroatoms. The second-order valence-corrected chi connectivity index (χ2v) is 7.33. The Morgan fingerprint density at radius 1 is 1.48 bits per heavy atom. The normalized spacial score (nSPS) is 20.5. The minimum atomic E-state index is -3.35. The Morgan fingerprint density at radius 2 is 2.24 bits per heavy atom. The van der Waals surface area contributed by atoms with Gasteiger partial charge in [-0.15, -0.1) is 10.2 Å². The van der Waals surface area contributed by atoms with E-state index in [1.54, 1.807) is 6.92 Å². The summed E-state index contributed by atoms with van der Waals surface area (Å²) in [5, 5.41) is 12.8. The van der Waals surface area contributed by atoms with E-state index in [4.69, 9.17) is 9.56 Å². The number of aromatic nitrogens is 2. The molecule has 2 heterocycles. The third kappa shape index (κ3) is 5.34. The lowest BCUT2D eigenvalue weighted by atomic mass is 10.2. The molecule has 0 bridgehead atoms. The molecule has 1 fully saturated rings. The van der Waals surface area contributed by atoms with Crippen molar-refractivity contribution in [2.45, 2.75) is 32.4 Å². The van der Waals surface area contributed by atoms with Gasteiger partial charge in [0.25, 0.3) is 0 Å². The first kappa shape index (κ1) is 16.3. The molecule has 1 aromatic heterocycles. The van der Waals surface area contributed by atoms with Gasteiger partial charge in [-0.05, 0) is 33.0 Å². The van der Waals surface area contributed by atoms with Crippen molar-refractivity contribution in [3.63, 3.8) is 0 Å². The monoisotopic (exact) mass is 317 g/mol. The van der Waals surface area contributed by atoms with Gasteiger partial charge in [0.2, 0.25) is 21.8 Å². The third-order valence-electron chi connectivity index (χ3n) is 3.73. The van der Waals surface area contributed by atoms with Crippen LogP contribution in [0.4, 0.5) is 0 Å². The quantitative estimate of drug-likeness (QED) is 0.727. The van der Waals surface area contributed by atoms with Crippen molar-refractivity contribution in [1.82, 2.24) is 20.0 Å². The molecular weight excluding hydrogens is 294 g/mol. The fourth-order valence-corrected chi connectivity index (χ4v) is 3.14. The average Bonchev–Trinajstić information content (AvgIpc) is 2.97. The number of aryl methyl sites for hydroxylation is 1. The Morgan fingerprint density at radius 3 is 2.86 bits per heavy atom. The van der Waals surface area contributed by atoms with Gasteiger partial charge in [-0.2, -0.15) is 0 Å². The molecule has 2 N–H and O–H groups in total. The van der Waals surface area contributed by atoms with Crippen LogP contribution in [-0.2, 0) is 16.6 Å². The highest BCUT2D eigenvalue weighted by Crippen LogP contribution is 2.16. The van der Waals surface area contributed by atoms with Crippen LogP contribution in [0.3, 0.4) is 0 Å². The van der Waals surface area contributed by atoms with E-state index in [1.807, 2.05) is 7.05 Å². The predicted octanol–water partition coefficient (Wildman–Crippen LogP) is -0.437. The summed E-state index contributed by atoms with van der Waals surface area (Å²) in [5.74, 6) is 1.25. The Hall–Kier alpha value is -1.03. The Bertz CT molecular complexity index is 559. The molecule has 2 rings (SSSR count). The van der Waals surface area contributed by atoms with E-state index in [0.29, 0.717) is 30.8 Å². The van der Waals surface area contributed by atoms with Gasteiger partial charge in [0.05, 0.1) is 12.3 Å². The molecule has 21 heavy (non-hydrogen) atoms. The van der Waals surface area contributed by atoms with Crippen LogP contribution in [0.25, 0.3) is 0 Å². The van der Waals surface area contributed by atoms with Gasteiger partial charge in [-0.25, -0.2) is 13.6 Å². The molecule has 0 aliphatic carbocycles. The van der Waals surface area contributed by atoms with Crippen molar-refractivity contribution in [2.75, 3.05) is 32.4 Å². The van der Waals surface area contributed by atoms with E-state index >= 15 is 0 Å². The highest BCUT2D eigenvalue weighted by Gasteiger charge is 2.26. The van der Waals surface area contributed by atoms with Crippen LogP contribution in [0.1, 0.15) is 24.6 Å². The number of nitrogens with two attached hydrogens (primary N) is 1. The number of rotatable bonds is 7. The van der Waals surface area contributed by atoms with E-state index in [9.17, 15) is 8.42 Å². The average molecular weight is 317 g/mol. The molecular formula is C12H23N5O3S. The van der Waals surface area contributed by atoms with Crippen LogP contribution < -0.4 is 5.14 Å². The lowest BCUT2D eigenvalue weighted by Crippen LogP contribution is -2.34. The SMILES string of the molecule is Cc1nnc(CN(C)C2CCN(CCCS(N)(=O)=O)C2)o1. The number of primary sulfonamides is 1. The van der Waals surface area contributed by atoms with Crippen LogP contribution in [0, 0.1) is 6.92 Å². The molecule has 0 aromatic carbocycles. The second kappa shape index (κ2) is 6.82. The van der Waals surface area contributed by atoms with Gasteiger partial charge in [-0.1, -0.05) is 0 Å². The smallest absolute Gasteiger partial charge is 0.230 e. The first-order valence-electron chi connectivity index (χ1n) is 7.05. The van der Waals surface area contributed by atoms with Gasteiger partial charge in [0.15, 0.2) is 0 Å². The van der Waals surface area contributed by atoms with Crippen molar-refractivity contribution in [3.8, 4) is 0 Å². The zero-order valence-electron chi connectivity index (χ0n) is 12.5. The minimum Gasteiger partial charge on any atom is -0.424 e. The summed E-state index contributed by atoms with van der Waals surface area (Å²) >= 11 is 0.